The number of carbonyl (C=O) groups excluding carboxylic acids is 2. The third kappa shape index (κ3) is 4.45. The maximum absolute atomic E-state index is 13.7. The van der Waals surface area contributed by atoms with E-state index in [1.807, 2.05) is 4.90 Å². The third-order valence-electron chi connectivity index (χ3n) is 7.08. The van der Waals surface area contributed by atoms with E-state index in [-0.39, 0.29) is 17.7 Å². The molecule has 5 nitrogen and oxygen atoms in total. The van der Waals surface area contributed by atoms with Crippen LogP contribution in [0.25, 0.3) is 0 Å². The Morgan fingerprint density at radius 1 is 0.968 bits per heavy atom. The van der Waals surface area contributed by atoms with Crippen LogP contribution in [0, 0.1) is 5.92 Å². The molecule has 2 saturated heterocycles. The van der Waals surface area contributed by atoms with Crippen molar-refractivity contribution in [3.8, 4) is 0 Å². The summed E-state index contributed by atoms with van der Waals surface area (Å²) in [4.78, 5) is 29.9. The average Bonchev–Trinajstić information content (AvgIpc) is 3.33. The monoisotopic (exact) mass is 438 g/mol. The van der Waals surface area contributed by atoms with Gasteiger partial charge in [-0.2, -0.15) is 13.2 Å². The molecule has 1 saturated carbocycles. The minimum Gasteiger partial charge on any atom is -0.381 e. The van der Waals surface area contributed by atoms with Gasteiger partial charge in [0, 0.05) is 45.3 Å². The Bertz CT molecular complexity index is 807. The Kier molecular flexibility index (Phi) is 6.28. The van der Waals surface area contributed by atoms with Gasteiger partial charge in [-0.05, 0) is 37.3 Å². The van der Waals surface area contributed by atoms with Gasteiger partial charge in [0.25, 0.3) is 0 Å². The van der Waals surface area contributed by atoms with Gasteiger partial charge in [-0.3, -0.25) is 9.59 Å². The Balaban J connectivity index is 1.51. The van der Waals surface area contributed by atoms with Crippen LogP contribution in [-0.4, -0.2) is 61.0 Å². The van der Waals surface area contributed by atoms with Crippen molar-refractivity contribution in [2.45, 2.75) is 50.1 Å². The largest absolute Gasteiger partial charge is 0.416 e. The number of amides is 2. The highest BCUT2D eigenvalue weighted by atomic mass is 19.4. The maximum atomic E-state index is 13.7. The first-order valence-corrected chi connectivity index (χ1v) is 11.1. The number of piperazine rings is 1. The zero-order valence-corrected chi connectivity index (χ0v) is 17.6. The number of hydrogen-bond donors (Lipinski definition) is 0. The predicted octanol–water partition coefficient (Wildman–Crippen LogP) is 3.61. The fraction of sp³-hybridized carbons (Fsp3) is 0.652. The van der Waals surface area contributed by atoms with Crippen LogP contribution in [0.2, 0.25) is 0 Å². The maximum Gasteiger partial charge on any atom is 0.416 e. The van der Waals surface area contributed by atoms with Crippen LogP contribution < -0.4 is 0 Å². The van der Waals surface area contributed by atoms with Crippen molar-refractivity contribution >= 4 is 11.8 Å². The zero-order chi connectivity index (χ0) is 22.1. The van der Waals surface area contributed by atoms with Gasteiger partial charge in [-0.25, -0.2) is 0 Å². The lowest BCUT2D eigenvalue weighted by molar-refractivity contribution is -0.147. The van der Waals surface area contributed by atoms with E-state index in [0.29, 0.717) is 57.8 Å². The zero-order valence-electron chi connectivity index (χ0n) is 17.6. The van der Waals surface area contributed by atoms with Crippen molar-refractivity contribution in [2.75, 3.05) is 39.4 Å². The molecule has 8 heteroatoms. The van der Waals surface area contributed by atoms with Crippen LogP contribution in [0.5, 0.6) is 0 Å². The molecule has 3 fully saturated rings. The van der Waals surface area contributed by atoms with Crippen molar-refractivity contribution in [3.63, 3.8) is 0 Å². The molecule has 1 aromatic carbocycles. The quantitative estimate of drug-likeness (QED) is 0.725. The van der Waals surface area contributed by atoms with E-state index in [9.17, 15) is 22.8 Å². The second-order valence-electron chi connectivity index (χ2n) is 8.87. The average molecular weight is 438 g/mol. The van der Waals surface area contributed by atoms with Crippen molar-refractivity contribution in [1.82, 2.24) is 9.80 Å². The summed E-state index contributed by atoms with van der Waals surface area (Å²) in [7, 11) is 0. The summed E-state index contributed by atoms with van der Waals surface area (Å²) in [6.45, 7) is 2.47. The minimum atomic E-state index is -4.46. The van der Waals surface area contributed by atoms with Crippen molar-refractivity contribution in [1.29, 1.82) is 0 Å². The molecule has 0 unspecified atom stereocenters. The molecular formula is C23H29F3N2O3. The van der Waals surface area contributed by atoms with E-state index in [0.717, 1.165) is 37.8 Å². The lowest BCUT2D eigenvalue weighted by atomic mass is 9.72. The summed E-state index contributed by atoms with van der Waals surface area (Å²) >= 11 is 0. The summed E-state index contributed by atoms with van der Waals surface area (Å²) in [5.74, 6) is 0.139. The van der Waals surface area contributed by atoms with Crippen molar-refractivity contribution in [2.24, 2.45) is 5.92 Å². The lowest BCUT2D eigenvalue weighted by Gasteiger charge is -2.43. The van der Waals surface area contributed by atoms with Crippen LogP contribution in [0.3, 0.4) is 0 Å². The molecule has 0 spiro atoms. The molecule has 4 rings (SSSR count). The second-order valence-corrected chi connectivity index (χ2v) is 8.87. The molecule has 0 aromatic heterocycles. The molecule has 0 bridgehead atoms. The molecule has 2 aliphatic heterocycles. The molecule has 31 heavy (non-hydrogen) atoms. The van der Waals surface area contributed by atoms with Crippen LogP contribution in [-0.2, 0) is 25.9 Å². The Morgan fingerprint density at radius 2 is 1.58 bits per heavy atom. The summed E-state index contributed by atoms with van der Waals surface area (Å²) in [6, 6.07) is 5.15. The molecule has 0 N–H and O–H groups in total. The Hall–Kier alpha value is -2.09. The van der Waals surface area contributed by atoms with E-state index in [2.05, 4.69) is 0 Å². The number of ether oxygens (including phenoxy) is 1. The van der Waals surface area contributed by atoms with Crippen molar-refractivity contribution in [3.05, 3.63) is 35.4 Å². The normalized spacial score (nSPS) is 22.5. The molecule has 170 valence electrons. The topological polar surface area (TPSA) is 49.9 Å². The highest BCUT2D eigenvalue weighted by Gasteiger charge is 2.46. The number of alkyl halides is 3. The number of rotatable bonds is 3. The van der Waals surface area contributed by atoms with Crippen LogP contribution in [0.4, 0.5) is 13.2 Å². The molecule has 0 atom stereocenters. The first kappa shape index (κ1) is 22.1. The molecule has 3 aliphatic rings. The SMILES string of the molecule is O=C(C1CCCC1)N1CCN(C(=O)C2(c3cccc(C(F)(F)F)c3)CCOCC2)CC1. The lowest BCUT2D eigenvalue weighted by Crippen LogP contribution is -2.57. The van der Waals surface area contributed by atoms with Gasteiger partial charge in [0.1, 0.15) is 0 Å². The van der Waals surface area contributed by atoms with Gasteiger partial charge in [0.05, 0.1) is 11.0 Å². The third-order valence-corrected chi connectivity index (χ3v) is 7.08. The van der Waals surface area contributed by atoms with Gasteiger partial charge >= 0.3 is 6.18 Å². The molecule has 0 radical (unpaired) electrons. The fourth-order valence-electron chi connectivity index (χ4n) is 5.20. The number of carbonyl (C=O) groups is 2. The summed E-state index contributed by atoms with van der Waals surface area (Å²) in [5.41, 5.74) is -1.35. The highest BCUT2D eigenvalue weighted by molar-refractivity contribution is 5.89. The van der Waals surface area contributed by atoms with Crippen LogP contribution in [0.15, 0.2) is 24.3 Å². The number of nitrogens with zero attached hydrogens (tertiary/aromatic N) is 2. The van der Waals surface area contributed by atoms with Gasteiger partial charge in [-0.1, -0.05) is 31.0 Å². The Labute approximate surface area is 180 Å². The second kappa shape index (κ2) is 8.81. The molecule has 1 aliphatic carbocycles. The van der Waals surface area contributed by atoms with Gasteiger partial charge < -0.3 is 14.5 Å². The Morgan fingerprint density at radius 3 is 2.19 bits per heavy atom. The first-order valence-electron chi connectivity index (χ1n) is 11.1. The number of halogens is 3. The highest BCUT2D eigenvalue weighted by Crippen LogP contribution is 2.40. The van der Waals surface area contributed by atoms with E-state index in [4.69, 9.17) is 4.74 Å². The van der Waals surface area contributed by atoms with E-state index in [1.165, 1.54) is 6.07 Å². The predicted molar refractivity (Wildman–Crippen MR) is 108 cm³/mol. The minimum absolute atomic E-state index is 0.106. The van der Waals surface area contributed by atoms with Crippen molar-refractivity contribution < 1.29 is 27.5 Å². The summed E-state index contributed by atoms with van der Waals surface area (Å²) in [5, 5.41) is 0. The van der Waals surface area contributed by atoms with Gasteiger partial charge in [0.2, 0.25) is 11.8 Å². The first-order chi connectivity index (χ1) is 14.8. The molecule has 2 heterocycles. The van der Waals surface area contributed by atoms with E-state index >= 15 is 0 Å². The van der Waals surface area contributed by atoms with Crippen LogP contribution in [0.1, 0.15) is 49.7 Å². The summed E-state index contributed by atoms with van der Waals surface area (Å²) in [6.07, 6.45) is 0.320. The number of hydrogen-bond acceptors (Lipinski definition) is 3. The van der Waals surface area contributed by atoms with Gasteiger partial charge in [0.15, 0.2) is 0 Å². The smallest absolute Gasteiger partial charge is 0.381 e. The summed E-state index contributed by atoms with van der Waals surface area (Å²) < 4.78 is 45.4. The number of benzene rings is 1. The van der Waals surface area contributed by atoms with Crippen LogP contribution >= 0.6 is 0 Å². The fourth-order valence-corrected chi connectivity index (χ4v) is 5.20. The standard InChI is InChI=1S/C23H29F3N2O3/c24-23(25,26)19-7-3-6-18(16-19)22(8-14-31-15-9-22)21(30)28-12-10-27(11-13-28)20(29)17-4-1-2-5-17/h3,6-7,16-17H,1-2,4-5,8-15H2. The molecular weight excluding hydrogens is 409 g/mol. The van der Waals surface area contributed by atoms with E-state index in [1.54, 1.807) is 11.0 Å². The molecule has 1 aromatic rings. The molecule has 2 amide bonds. The van der Waals surface area contributed by atoms with E-state index < -0.39 is 17.2 Å². The van der Waals surface area contributed by atoms with Gasteiger partial charge in [-0.15, -0.1) is 0 Å².